The summed E-state index contributed by atoms with van der Waals surface area (Å²) in [6.07, 6.45) is 3.23. The van der Waals surface area contributed by atoms with Crippen LogP contribution in [-0.2, 0) is 19.1 Å². The number of nitrogens with zero attached hydrogens (tertiary/aromatic N) is 1. The lowest BCUT2D eigenvalue weighted by Gasteiger charge is -2.16. The van der Waals surface area contributed by atoms with Gasteiger partial charge in [-0.25, -0.2) is 0 Å². The van der Waals surface area contributed by atoms with E-state index in [1.54, 1.807) is 29.2 Å². The molecule has 0 aromatic heterocycles. The number of carbonyl (C=O) groups is 4. The molecular weight excluding hydrogens is 386 g/mol. The monoisotopic (exact) mass is 417 g/mol. The van der Waals surface area contributed by atoms with Crippen LogP contribution in [0.3, 0.4) is 0 Å². The Bertz CT molecular complexity index is 761. The lowest BCUT2D eigenvalue weighted by Crippen LogP contribution is -2.37. The van der Waals surface area contributed by atoms with Gasteiger partial charge < -0.3 is 20.3 Å². The minimum absolute atomic E-state index is 0.0112. The Labute approximate surface area is 177 Å². The number of hydrogen-bond donors (Lipinski definition) is 2. The molecule has 0 aliphatic carbocycles. The van der Waals surface area contributed by atoms with E-state index >= 15 is 0 Å². The normalized spacial score (nSPS) is 14.5. The number of amides is 3. The number of ether oxygens (including phenoxy) is 1. The van der Waals surface area contributed by atoms with Crippen LogP contribution in [0.15, 0.2) is 24.3 Å². The maximum Gasteiger partial charge on any atom is 0.325 e. The fourth-order valence-corrected chi connectivity index (χ4v) is 3.14. The average molecular weight is 418 g/mol. The van der Waals surface area contributed by atoms with Gasteiger partial charge in [0, 0.05) is 30.3 Å². The molecule has 1 aliphatic rings. The highest BCUT2D eigenvalue weighted by molar-refractivity contribution is 5.98. The van der Waals surface area contributed by atoms with Crippen molar-refractivity contribution < 1.29 is 23.9 Å². The molecule has 1 fully saturated rings. The molecule has 0 saturated carbocycles. The number of rotatable bonds is 10. The van der Waals surface area contributed by atoms with Crippen molar-refractivity contribution in [2.24, 2.45) is 5.92 Å². The van der Waals surface area contributed by atoms with E-state index in [0.717, 1.165) is 24.9 Å². The highest BCUT2D eigenvalue weighted by Gasteiger charge is 2.21. The lowest BCUT2D eigenvalue weighted by molar-refractivity contribution is -0.147. The molecule has 0 spiro atoms. The van der Waals surface area contributed by atoms with Crippen molar-refractivity contribution in [1.82, 2.24) is 10.6 Å². The summed E-state index contributed by atoms with van der Waals surface area (Å²) in [5, 5.41) is 5.25. The van der Waals surface area contributed by atoms with Crippen molar-refractivity contribution in [2.45, 2.75) is 52.5 Å². The quantitative estimate of drug-likeness (QED) is 0.567. The van der Waals surface area contributed by atoms with Gasteiger partial charge in [-0.05, 0) is 56.4 Å². The van der Waals surface area contributed by atoms with Crippen LogP contribution in [0.5, 0.6) is 0 Å². The standard InChI is InChI=1S/C22H31N3O5/c1-15(2)6-7-16(3)24-19(26)14-30-21(28)13-23-22(29)17-8-10-18(11-9-17)25-12-4-5-20(25)27/h8-11,15-16H,4-7,12-14H2,1-3H3,(H,23,29)(H,24,26)/t16-/m0/s1. The molecule has 30 heavy (non-hydrogen) atoms. The summed E-state index contributed by atoms with van der Waals surface area (Å²) in [4.78, 5) is 49.2. The molecule has 8 heteroatoms. The third kappa shape index (κ3) is 7.50. The minimum Gasteiger partial charge on any atom is -0.454 e. The summed E-state index contributed by atoms with van der Waals surface area (Å²) in [5.41, 5.74) is 1.12. The summed E-state index contributed by atoms with van der Waals surface area (Å²) in [6.45, 7) is 6.12. The van der Waals surface area contributed by atoms with Crippen LogP contribution < -0.4 is 15.5 Å². The Morgan fingerprint density at radius 3 is 2.40 bits per heavy atom. The van der Waals surface area contributed by atoms with Gasteiger partial charge in [-0.15, -0.1) is 0 Å². The maximum absolute atomic E-state index is 12.2. The van der Waals surface area contributed by atoms with Crippen molar-refractivity contribution >= 4 is 29.4 Å². The SMILES string of the molecule is CC(C)CC[C@H](C)NC(=O)COC(=O)CNC(=O)c1ccc(N2CCCC2=O)cc1. The number of hydrogen-bond acceptors (Lipinski definition) is 5. The first-order valence-corrected chi connectivity index (χ1v) is 10.4. The first-order chi connectivity index (χ1) is 14.3. The van der Waals surface area contributed by atoms with Crippen LogP contribution in [-0.4, -0.2) is 49.4 Å². The first kappa shape index (κ1) is 23.4. The zero-order chi connectivity index (χ0) is 22.1. The Kier molecular flexibility index (Phi) is 8.83. The van der Waals surface area contributed by atoms with Crippen molar-refractivity contribution in [2.75, 3.05) is 24.6 Å². The average Bonchev–Trinajstić information content (AvgIpc) is 3.15. The second kappa shape index (κ2) is 11.3. The van der Waals surface area contributed by atoms with E-state index in [2.05, 4.69) is 24.5 Å². The van der Waals surface area contributed by atoms with E-state index in [-0.39, 0.29) is 31.0 Å². The van der Waals surface area contributed by atoms with Gasteiger partial charge in [-0.2, -0.15) is 0 Å². The van der Waals surface area contributed by atoms with Gasteiger partial charge in [0.25, 0.3) is 11.8 Å². The highest BCUT2D eigenvalue weighted by atomic mass is 16.5. The van der Waals surface area contributed by atoms with Crippen LogP contribution in [0, 0.1) is 5.92 Å². The topological polar surface area (TPSA) is 105 Å². The maximum atomic E-state index is 12.2. The molecule has 0 unspecified atom stereocenters. The van der Waals surface area contributed by atoms with Crippen molar-refractivity contribution in [3.63, 3.8) is 0 Å². The molecule has 2 N–H and O–H groups in total. The number of esters is 1. The zero-order valence-electron chi connectivity index (χ0n) is 17.9. The highest BCUT2D eigenvalue weighted by Crippen LogP contribution is 2.21. The Balaban J connectivity index is 1.69. The van der Waals surface area contributed by atoms with Gasteiger partial charge in [0.15, 0.2) is 6.61 Å². The van der Waals surface area contributed by atoms with Gasteiger partial charge >= 0.3 is 5.97 Å². The van der Waals surface area contributed by atoms with Crippen LogP contribution in [0.25, 0.3) is 0 Å². The molecule has 0 bridgehead atoms. The van der Waals surface area contributed by atoms with Crippen molar-refractivity contribution in [3.8, 4) is 0 Å². The fraction of sp³-hybridized carbons (Fsp3) is 0.545. The second-order valence-electron chi connectivity index (χ2n) is 7.98. The van der Waals surface area contributed by atoms with E-state index in [1.165, 1.54) is 0 Å². The van der Waals surface area contributed by atoms with Crippen molar-refractivity contribution in [3.05, 3.63) is 29.8 Å². The summed E-state index contributed by atoms with van der Waals surface area (Å²) >= 11 is 0. The zero-order valence-corrected chi connectivity index (χ0v) is 17.9. The number of nitrogens with one attached hydrogen (secondary N) is 2. The minimum atomic E-state index is -0.687. The fourth-order valence-electron chi connectivity index (χ4n) is 3.14. The van der Waals surface area contributed by atoms with E-state index < -0.39 is 11.9 Å². The molecule has 1 aliphatic heterocycles. The molecular formula is C22H31N3O5. The predicted molar refractivity (Wildman–Crippen MR) is 113 cm³/mol. The predicted octanol–water partition coefficient (Wildman–Crippen LogP) is 2.03. The number of carbonyl (C=O) groups excluding carboxylic acids is 4. The van der Waals surface area contributed by atoms with Crippen LogP contribution >= 0.6 is 0 Å². The van der Waals surface area contributed by atoms with Crippen LogP contribution in [0.1, 0.15) is 56.8 Å². The molecule has 8 nitrogen and oxygen atoms in total. The van der Waals surface area contributed by atoms with E-state index in [4.69, 9.17) is 4.74 Å². The van der Waals surface area contributed by atoms with Gasteiger partial charge in [0.1, 0.15) is 6.54 Å². The second-order valence-corrected chi connectivity index (χ2v) is 7.98. The Hall–Kier alpha value is -2.90. The largest absolute Gasteiger partial charge is 0.454 e. The molecule has 0 radical (unpaired) electrons. The summed E-state index contributed by atoms with van der Waals surface area (Å²) < 4.78 is 4.91. The number of benzene rings is 1. The smallest absolute Gasteiger partial charge is 0.325 e. The summed E-state index contributed by atoms with van der Waals surface area (Å²) in [6, 6.07) is 6.64. The Morgan fingerprint density at radius 1 is 1.10 bits per heavy atom. The third-order valence-electron chi connectivity index (χ3n) is 4.86. The summed E-state index contributed by atoms with van der Waals surface area (Å²) in [7, 11) is 0. The van der Waals surface area contributed by atoms with Gasteiger partial charge in [-0.1, -0.05) is 13.8 Å². The molecule has 1 aromatic rings. The van der Waals surface area contributed by atoms with Gasteiger partial charge in [-0.3, -0.25) is 19.2 Å². The van der Waals surface area contributed by atoms with Crippen molar-refractivity contribution in [1.29, 1.82) is 0 Å². The van der Waals surface area contributed by atoms with Gasteiger partial charge in [0.2, 0.25) is 5.91 Å². The van der Waals surface area contributed by atoms with E-state index in [9.17, 15) is 19.2 Å². The van der Waals surface area contributed by atoms with Gasteiger partial charge in [0.05, 0.1) is 0 Å². The lowest BCUT2D eigenvalue weighted by atomic mass is 10.0. The molecule has 1 heterocycles. The molecule has 164 valence electrons. The first-order valence-electron chi connectivity index (χ1n) is 10.4. The van der Waals surface area contributed by atoms with E-state index in [0.29, 0.717) is 24.4 Å². The summed E-state index contributed by atoms with van der Waals surface area (Å²) in [5.74, 6) is -0.846. The molecule has 1 saturated heterocycles. The molecule has 1 atom stereocenters. The van der Waals surface area contributed by atoms with Crippen LogP contribution in [0.2, 0.25) is 0 Å². The number of anilines is 1. The molecule has 3 amide bonds. The van der Waals surface area contributed by atoms with E-state index in [1.807, 2.05) is 6.92 Å². The van der Waals surface area contributed by atoms with Crippen LogP contribution in [0.4, 0.5) is 5.69 Å². The Morgan fingerprint density at radius 2 is 1.80 bits per heavy atom. The molecule has 1 aromatic carbocycles. The third-order valence-corrected chi connectivity index (χ3v) is 4.86. The molecule has 2 rings (SSSR count).